The van der Waals surface area contributed by atoms with Crippen LogP contribution in [0.5, 0.6) is 0 Å². The number of hydrogen-bond donors (Lipinski definition) is 4. The van der Waals surface area contributed by atoms with Gasteiger partial charge in [0.15, 0.2) is 0 Å². The third-order valence-electron chi connectivity index (χ3n) is 7.99. The van der Waals surface area contributed by atoms with Gasteiger partial charge < -0.3 is 26.2 Å². The zero-order valence-electron chi connectivity index (χ0n) is 21.2. The smallest absolute Gasteiger partial charge is 0.289 e. The Balaban J connectivity index is 1.50. The number of likely N-dealkylation sites (tertiary alicyclic amines) is 1. The highest BCUT2D eigenvalue weighted by atomic mass is 35.5. The molecular weight excluding hydrogens is 557 g/mol. The van der Waals surface area contributed by atoms with E-state index in [0.717, 1.165) is 0 Å². The van der Waals surface area contributed by atoms with Crippen LogP contribution in [-0.4, -0.2) is 73.1 Å². The van der Waals surface area contributed by atoms with Crippen molar-refractivity contribution in [3.63, 3.8) is 0 Å². The molecule has 0 bridgehead atoms. The minimum atomic E-state index is -1.20. The molecule has 13 heteroatoms. The van der Waals surface area contributed by atoms with Gasteiger partial charge in [0.1, 0.15) is 6.04 Å². The molecule has 1 aromatic rings. The number of halogens is 3. The molecule has 38 heavy (non-hydrogen) atoms. The van der Waals surface area contributed by atoms with E-state index >= 15 is 0 Å². The average molecular weight is 587 g/mol. The maximum atomic E-state index is 13.6. The van der Waals surface area contributed by atoms with Gasteiger partial charge in [-0.15, -0.1) is 0 Å². The zero-order valence-corrected chi connectivity index (χ0v) is 23.5. The summed E-state index contributed by atoms with van der Waals surface area (Å²) < 4.78 is 0. The first-order valence-corrected chi connectivity index (χ1v) is 13.5. The molecule has 1 aromatic carbocycles. The number of rotatable bonds is 9. The lowest BCUT2D eigenvalue weighted by atomic mass is 9.94. The molecule has 3 aliphatic rings. The van der Waals surface area contributed by atoms with Crippen molar-refractivity contribution >= 4 is 69.9 Å². The number of nitrogens with one attached hydrogen (secondary N) is 4. The first-order valence-electron chi connectivity index (χ1n) is 12.4. The Morgan fingerprint density at radius 1 is 1.16 bits per heavy atom. The lowest BCUT2D eigenvalue weighted by Crippen LogP contribution is -2.56. The molecule has 0 radical (unpaired) electrons. The van der Waals surface area contributed by atoms with Crippen LogP contribution >= 0.6 is 34.8 Å². The number of amides is 4. The Hall–Kier alpha value is -2.56. The third kappa shape index (κ3) is 5.44. The zero-order chi connectivity index (χ0) is 27.9. The Bertz CT molecular complexity index is 1170. The Labute approximate surface area is 235 Å². The van der Waals surface area contributed by atoms with Gasteiger partial charge in [-0.05, 0) is 42.2 Å². The largest absolute Gasteiger partial charge is 0.374 e. The molecule has 3 fully saturated rings. The van der Waals surface area contributed by atoms with Crippen LogP contribution < -0.4 is 21.3 Å². The number of benzene rings is 1. The number of likely N-dealkylation sites (N-methyl/N-ethyl adjacent to an activating group) is 1. The lowest BCUT2D eigenvalue weighted by Gasteiger charge is -2.31. The molecule has 10 nitrogen and oxygen atoms in total. The number of Topliss-reactive ketones (excluding diaryl/α,β-unsaturated/α-hetero) is 1. The molecule has 2 unspecified atom stereocenters. The number of fused-ring (bicyclic) bond motifs is 1. The first-order chi connectivity index (χ1) is 17.9. The van der Waals surface area contributed by atoms with Crippen molar-refractivity contribution in [2.75, 3.05) is 32.0 Å². The Morgan fingerprint density at radius 3 is 2.39 bits per heavy atom. The molecule has 2 saturated heterocycles. The van der Waals surface area contributed by atoms with E-state index < -0.39 is 35.6 Å². The van der Waals surface area contributed by atoms with Gasteiger partial charge in [0.2, 0.25) is 23.5 Å². The van der Waals surface area contributed by atoms with Crippen LogP contribution in [-0.2, 0) is 24.0 Å². The minimum Gasteiger partial charge on any atom is -0.374 e. The van der Waals surface area contributed by atoms with Crippen molar-refractivity contribution in [3.05, 3.63) is 27.2 Å². The summed E-state index contributed by atoms with van der Waals surface area (Å²) in [6.07, 6.45) is 0.497. The monoisotopic (exact) mass is 585 g/mol. The van der Waals surface area contributed by atoms with Crippen LogP contribution in [0.15, 0.2) is 12.1 Å². The summed E-state index contributed by atoms with van der Waals surface area (Å²) >= 11 is 18.4. The van der Waals surface area contributed by atoms with Crippen molar-refractivity contribution in [2.45, 2.75) is 38.8 Å². The van der Waals surface area contributed by atoms with Gasteiger partial charge >= 0.3 is 0 Å². The first kappa shape index (κ1) is 28.4. The van der Waals surface area contributed by atoms with E-state index in [1.165, 1.54) is 24.1 Å². The van der Waals surface area contributed by atoms with E-state index in [9.17, 15) is 24.0 Å². The highest BCUT2D eigenvalue weighted by molar-refractivity contribution is 6.41. The highest BCUT2D eigenvalue weighted by Crippen LogP contribution is 2.64. The molecule has 5 atom stereocenters. The van der Waals surface area contributed by atoms with Gasteiger partial charge in [-0.3, -0.25) is 24.0 Å². The van der Waals surface area contributed by atoms with Gasteiger partial charge in [0.25, 0.3) is 5.91 Å². The number of piperidine rings is 1. The van der Waals surface area contributed by atoms with Crippen LogP contribution in [0, 0.1) is 23.2 Å². The van der Waals surface area contributed by atoms with E-state index in [0.29, 0.717) is 30.2 Å². The summed E-state index contributed by atoms with van der Waals surface area (Å²) in [5.74, 6) is -3.30. The molecule has 1 saturated carbocycles. The molecular formula is C25H30Cl3N5O5. The summed E-state index contributed by atoms with van der Waals surface area (Å²) in [4.78, 5) is 65.5. The molecule has 0 aromatic heterocycles. The maximum Gasteiger partial charge on any atom is 0.289 e. The van der Waals surface area contributed by atoms with Crippen LogP contribution in [0.4, 0.5) is 5.69 Å². The number of ketones is 1. The van der Waals surface area contributed by atoms with Crippen LogP contribution in [0.1, 0.15) is 26.7 Å². The standard InChI is InChI=1S/C25H30Cl3N5O5/c1-25(2)13-10-33(17(34)9-31-19-14(27)7-12(26)8-15(19)28)20(18(13)25)23(37)32-16(21(35)24(38)29-3)6-11-4-5-30-22(11)36/h7-8,11,13,16,18,20,31H,4-6,9-10H2,1-3H3,(H,29,38)(H,30,36)(H,32,37)/t11?,13?,16-,18-,20-/m0/s1. The summed E-state index contributed by atoms with van der Waals surface area (Å²) in [7, 11) is 1.32. The second-order valence-corrected chi connectivity index (χ2v) is 11.8. The fraction of sp³-hybridized carbons (Fsp3) is 0.560. The predicted octanol–water partition coefficient (Wildman–Crippen LogP) is 1.87. The van der Waals surface area contributed by atoms with E-state index in [4.69, 9.17) is 34.8 Å². The fourth-order valence-electron chi connectivity index (χ4n) is 5.74. The average Bonchev–Trinajstić information content (AvgIpc) is 3.20. The van der Waals surface area contributed by atoms with E-state index in [1.54, 1.807) is 0 Å². The predicted molar refractivity (Wildman–Crippen MR) is 143 cm³/mol. The number of carbonyl (C=O) groups excluding carboxylic acids is 5. The molecule has 4 rings (SSSR count). The normalized spacial score (nSPS) is 25.7. The highest BCUT2D eigenvalue weighted by Gasteiger charge is 2.69. The minimum absolute atomic E-state index is 0.00288. The van der Waals surface area contributed by atoms with Gasteiger partial charge in [-0.1, -0.05) is 48.7 Å². The van der Waals surface area contributed by atoms with Crippen LogP contribution in [0.25, 0.3) is 0 Å². The SMILES string of the molecule is CNC(=O)C(=O)[C@H](CC1CCNC1=O)NC(=O)[C@@H]1[C@@H]2C(CN1C(=O)CNc1c(Cl)cc(Cl)cc1Cl)C2(C)C. The quantitative estimate of drug-likeness (QED) is 0.326. The summed E-state index contributed by atoms with van der Waals surface area (Å²) in [6, 6.07) is 0.969. The molecule has 0 spiro atoms. The number of carbonyl (C=O) groups is 5. The van der Waals surface area contributed by atoms with Crippen molar-refractivity contribution in [2.24, 2.45) is 23.2 Å². The summed E-state index contributed by atoms with van der Waals surface area (Å²) in [5.41, 5.74) is 0.184. The van der Waals surface area contributed by atoms with E-state index in [-0.39, 0.29) is 52.1 Å². The van der Waals surface area contributed by atoms with Gasteiger partial charge in [-0.2, -0.15) is 0 Å². The summed E-state index contributed by atoms with van der Waals surface area (Å²) in [5, 5.41) is 11.5. The molecule has 1 aliphatic carbocycles. The Kier molecular flexibility index (Phi) is 8.16. The number of nitrogens with zero attached hydrogens (tertiary/aromatic N) is 1. The van der Waals surface area contributed by atoms with Crippen molar-refractivity contribution in [3.8, 4) is 0 Å². The second-order valence-electron chi connectivity index (χ2n) is 10.6. The van der Waals surface area contributed by atoms with Crippen molar-refractivity contribution in [1.29, 1.82) is 0 Å². The Morgan fingerprint density at radius 2 is 1.82 bits per heavy atom. The molecule has 2 heterocycles. The van der Waals surface area contributed by atoms with Gasteiger partial charge in [0.05, 0.1) is 28.3 Å². The lowest BCUT2D eigenvalue weighted by molar-refractivity contribution is -0.143. The molecule has 4 N–H and O–H groups in total. The van der Waals surface area contributed by atoms with E-state index in [2.05, 4.69) is 21.3 Å². The van der Waals surface area contributed by atoms with Crippen molar-refractivity contribution < 1.29 is 24.0 Å². The second kappa shape index (κ2) is 10.9. The molecule has 2 aliphatic heterocycles. The van der Waals surface area contributed by atoms with Gasteiger partial charge in [-0.25, -0.2) is 0 Å². The van der Waals surface area contributed by atoms with Crippen LogP contribution in [0.3, 0.4) is 0 Å². The van der Waals surface area contributed by atoms with E-state index in [1.807, 2.05) is 13.8 Å². The summed E-state index contributed by atoms with van der Waals surface area (Å²) in [6.45, 7) is 4.73. The topological polar surface area (TPSA) is 137 Å². The van der Waals surface area contributed by atoms with Gasteiger partial charge in [0, 0.05) is 31.1 Å². The number of anilines is 1. The molecule has 4 amide bonds. The van der Waals surface area contributed by atoms with Crippen LogP contribution in [0.2, 0.25) is 15.1 Å². The molecule has 206 valence electrons. The number of hydrogen-bond acceptors (Lipinski definition) is 6. The van der Waals surface area contributed by atoms with Crippen molar-refractivity contribution in [1.82, 2.24) is 20.9 Å². The fourth-order valence-corrected chi connectivity index (χ4v) is 6.69. The third-order valence-corrected chi connectivity index (χ3v) is 8.80. The maximum absolute atomic E-state index is 13.6.